The van der Waals surface area contributed by atoms with Gasteiger partial charge in [-0.1, -0.05) is 97.3 Å². The molecule has 0 saturated carbocycles. The third-order valence-electron chi connectivity index (χ3n) is 3.47. The molecular formula is C20H17P. The van der Waals surface area contributed by atoms with E-state index in [4.69, 9.17) is 0 Å². The Bertz CT molecular complexity index is 639. The molecule has 0 unspecified atom stereocenters. The number of benzene rings is 3. The van der Waals surface area contributed by atoms with Gasteiger partial charge in [-0.3, -0.25) is 0 Å². The third-order valence-corrected chi connectivity index (χ3v) is 5.54. The predicted molar refractivity (Wildman–Crippen MR) is 94.7 cm³/mol. The molecular weight excluding hydrogens is 271 g/mol. The Kier molecular flexibility index (Phi) is 4.28. The van der Waals surface area contributed by atoms with Crippen molar-refractivity contribution >= 4 is 18.5 Å². The lowest BCUT2D eigenvalue weighted by Crippen LogP contribution is -2.08. The summed E-state index contributed by atoms with van der Waals surface area (Å²) in [6, 6.07) is 29.6. The summed E-state index contributed by atoms with van der Waals surface area (Å²) in [5, 5.41) is 2.71. The molecule has 2 aromatic carbocycles. The predicted octanol–water partition coefficient (Wildman–Crippen LogP) is 4.93. The van der Waals surface area contributed by atoms with Gasteiger partial charge in [0.25, 0.3) is 0 Å². The zero-order valence-electron chi connectivity index (χ0n) is 11.8. The van der Waals surface area contributed by atoms with E-state index in [1.807, 2.05) is 12.1 Å². The standard InChI is InChI=1S/C14H13P.C6H4/c1-2-15(13-9-5-3-6-10-13)14-11-7-4-8-12-14;1-2-6-4-3-5(1)6/h2-12H,1H2;1-4H. The van der Waals surface area contributed by atoms with Gasteiger partial charge in [-0.05, 0) is 29.7 Å². The van der Waals surface area contributed by atoms with E-state index in [0.717, 1.165) is 0 Å². The molecule has 1 heteroatoms. The van der Waals surface area contributed by atoms with Crippen molar-refractivity contribution in [3.8, 4) is 11.1 Å². The lowest BCUT2D eigenvalue weighted by Gasteiger charge is -2.13. The molecule has 4 rings (SSSR count). The summed E-state index contributed by atoms with van der Waals surface area (Å²) in [7, 11) is -0.385. The number of hydrogen-bond acceptors (Lipinski definition) is 0. The minimum Gasteiger partial charge on any atom is -0.0980 e. The average Bonchev–Trinajstić information content (AvgIpc) is 2.54. The molecule has 0 spiro atoms. The first-order valence-corrected chi connectivity index (χ1v) is 8.42. The van der Waals surface area contributed by atoms with Crippen molar-refractivity contribution < 1.29 is 0 Å². The number of rotatable bonds is 3. The Morgan fingerprint density at radius 2 is 0.952 bits per heavy atom. The van der Waals surface area contributed by atoms with E-state index in [9.17, 15) is 0 Å². The molecule has 2 aromatic rings. The summed E-state index contributed by atoms with van der Waals surface area (Å²) in [5.74, 6) is 2.06. The van der Waals surface area contributed by atoms with E-state index in [1.54, 1.807) is 0 Å². The highest BCUT2D eigenvalue weighted by molar-refractivity contribution is 7.75. The van der Waals surface area contributed by atoms with Gasteiger partial charge in [-0.25, -0.2) is 0 Å². The summed E-state index contributed by atoms with van der Waals surface area (Å²) >= 11 is 0. The van der Waals surface area contributed by atoms with Crippen LogP contribution in [0.3, 0.4) is 0 Å². The maximum absolute atomic E-state index is 3.94. The van der Waals surface area contributed by atoms with Crippen LogP contribution in [-0.2, 0) is 0 Å². The van der Waals surface area contributed by atoms with Gasteiger partial charge in [0.15, 0.2) is 0 Å². The molecule has 0 bridgehead atoms. The van der Waals surface area contributed by atoms with Crippen LogP contribution < -0.4 is 10.6 Å². The van der Waals surface area contributed by atoms with Crippen molar-refractivity contribution in [1.29, 1.82) is 0 Å². The first-order valence-electron chi connectivity index (χ1n) is 7.01. The van der Waals surface area contributed by atoms with Crippen LogP contribution in [0.15, 0.2) is 97.3 Å². The molecule has 0 nitrogen and oxygen atoms in total. The molecule has 0 N–H and O–H groups in total. The third kappa shape index (κ3) is 3.12. The highest BCUT2D eigenvalue weighted by Crippen LogP contribution is 2.33. The first-order chi connectivity index (χ1) is 10.4. The number of fused-ring (bicyclic) bond motifs is 1. The first kappa shape index (κ1) is 13.8. The van der Waals surface area contributed by atoms with Gasteiger partial charge in [0, 0.05) is 0 Å². The van der Waals surface area contributed by atoms with Gasteiger partial charge in [0.1, 0.15) is 0 Å². The molecule has 0 radical (unpaired) electrons. The fraction of sp³-hybridized carbons (Fsp3) is 0. The molecule has 0 aliphatic heterocycles. The van der Waals surface area contributed by atoms with Gasteiger partial charge >= 0.3 is 0 Å². The quantitative estimate of drug-likeness (QED) is 0.469. The van der Waals surface area contributed by atoms with Gasteiger partial charge in [-0.2, -0.15) is 0 Å². The summed E-state index contributed by atoms with van der Waals surface area (Å²) in [6.07, 6.45) is 0. The van der Waals surface area contributed by atoms with E-state index < -0.39 is 0 Å². The van der Waals surface area contributed by atoms with E-state index in [1.165, 1.54) is 21.7 Å². The van der Waals surface area contributed by atoms with Crippen LogP contribution in [0.1, 0.15) is 0 Å². The zero-order chi connectivity index (χ0) is 14.5. The Labute approximate surface area is 127 Å². The van der Waals surface area contributed by atoms with Crippen molar-refractivity contribution in [3.05, 3.63) is 97.3 Å². The van der Waals surface area contributed by atoms with Crippen molar-refractivity contribution in [1.82, 2.24) is 0 Å². The smallest absolute Gasteiger partial charge is 0.0157 e. The highest BCUT2D eigenvalue weighted by Gasteiger charge is 2.07. The fourth-order valence-electron chi connectivity index (χ4n) is 2.20. The molecule has 0 atom stereocenters. The Morgan fingerprint density at radius 1 is 0.571 bits per heavy atom. The number of hydrogen-bond donors (Lipinski definition) is 0. The van der Waals surface area contributed by atoms with Crippen LogP contribution in [0.4, 0.5) is 0 Å². The van der Waals surface area contributed by atoms with E-state index in [-0.39, 0.29) is 7.92 Å². The zero-order valence-corrected chi connectivity index (χ0v) is 12.7. The van der Waals surface area contributed by atoms with Crippen molar-refractivity contribution in [3.63, 3.8) is 0 Å². The van der Waals surface area contributed by atoms with Crippen LogP contribution >= 0.6 is 7.92 Å². The second-order valence-corrected chi connectivity index (χ2v) is 6.94. The van der Waals surface area contributed by atoms with E-state index in [2.05, 4.69) is 85.2 Å². The van der Waals surface area contributed by atoms with Gasteiger partial charge in [-0.15, -0.1) is 0 Å². The second-order valence-electron chi connectivity index (χ2n) is 4.80. The van der Waals surface area contributed by atoms with E-state index in [0.29, 0.717) is 0 Å². The Balaban J connectivity index is 0.000000180. The minimum atomic E-state index is -0.385. The molecule has 2 aliphatic carbocycles. The lowest BCUT2D eigenvalue weighted by molar-refractivity contribution is 1.55. The monoisotopic (exact) mass is 288 g/mol. The summed E-state index contributed by atoms with van der Waals surface area (Å²) in [5.41, 5.74) is 2.85. The molecule has 2 aliphatic rings. The van der Waals surface area contributed by atoms with Crippen LogP contribution in [0, 0.1) is 0 Å². The maximum atomic E-state index is 3.94. The summed E-state index contributed by atoms with van der Waals surface area (Å²) < 4.78 is 0. The lowest BCUT2D eigenvalue weighted by atomic mass is 9.95. The molecule has 0 heterocycles. The minimum absolute atomic E-state index is 0.385. The van der Waals surface area contributed by atoms with Crippen LogP contribution in [0.2, 0.25) is 0 Å². The van der Waals surface area contributed by atoms with Crippen LogP contribution in [0.5, 0.6) is 0 Å². The molecule has 0 aromatic heterocycles. The highest BCUT2D eigenvalue weighted by atomic mass is 31.1. The van der Waals surface area contributed by atoms with Gasteiger partial charge < -0.3 is 0 Å². The largest absolute Gasteiger partial charge is 0.0980 e. The van der Waals surface area contributed by atoms with Crippen LogP contribution in [-0.4, -0.2) is 0 Å². The Morgan fingerprint density at radius 3 is 1.19 bits per heavy atom. The molecule has 102 valence electrons. The van der Waals surface area contributed by atoms with Crippen molar-refractivity contribution in [2.45, 2.75) is 0 Å². The normalized spacial score (nSPS) is 10.5. The topological polar surface area (TPSA) is 0 Å². The van der Waals surface area contributed by atoms with Gasteiger partial charge in [0.05, 0.1) is 0 Å². The maximum Gasteiger partial charge on any atom is -0.0157 e. The molecule has 21 heavy (non-hydrogen) atoms. The van der Waals surface area contributed by atoms with Crippen LogP contribution in [0.25, 0.3) is 11.1 Å². The molecule has 0 fully saturated rings. The summed E-state index contributed by atoms with van der Waals surface area (Å²) in [6.45, 7) is 3.94. The second kappa shape index (κ2) is 6.52. The fourth-order valence-corrected chi connectivity index (χ4v) is 3.91. The SMILES string of the molecule is C=CP(c1ccccc1)c1ccccc1.c1cc2ccc1-2. The Hall–Kier alpha value is -2.17. The molecule has 0 saturated heterocycles. The average molecular weight is 288 g/mol. The van der Waals surface area contributed by atoms with Crippen molar-refractivity contribution in [2.24, 2.45) is 0 Å². The summed E-state index contributed by atoms with van der Waals surface area (Å²) in [4.78, 5) is 0. The van der Waals surface area contributed by atoms with E-state index >= 15 is 0 Å². The molecule has 0 amide bonds. The van der Waals surface area contributed by atoms with Gasteiger partial charge in [0.2, 0.25) is 0 Å². The van der Waals surface area contributed by atoms with Crippen molar-refractivity contribution in [2.75, 3.05) is 0 Å².